The lowest BCUT2D eigenvalue weighted by Crippen LogP contribution is -2.29. The predicted molar refractivity (Wildman–Crippen MR) is 69.8 cm³/mol. The number of rotatable bonds is 2. The third-order valence-corrected chi connectivity index (χ3v) is 3.68. The minimum atomic E-state index is 1.05. The van der Waals surface area contributed by atoms with E-state index in [1.165, 1.54) is 48.9 Å². The second-order valence-electron chi connectivity index (χ2n) is 4.98. The average Bonchev–Trinajstić information content (AvgIpc) is 2.74. The summed E-state index contributed by atoms with van der Waals surface area (Å²) in [6.45, 7) is 3.53. The summed E-state index contributed by atoms with van der Waals surface area (Å²) in [5.74, 6) is 0. The zero-order valence-electron chi connectivity index (χ0n) is 10.4. The van der Waals surface area contributed by atoms with E-state index in [4.69, 9.17) is 0 Å². The maximum Gasteiger partial charge on any atom is 0.0955 e. The molecule has 0 amide bonds. The van der Waals surface area contributed by atoms with Crippen molar-refractivity contribution in [2.24, 2.45) is 7.05 Å². The number of imidazole rings is 1. The molecule has 3 rings (SSSR count). The van der Waals surface area contributed by atoms with Crippen LogP contribution in [0.3, 0.4) is 0 Å². The molecule has 0 atom stereocenters. The molecule has 0 radical (unpaired) electrons. The van der Waals surface area contributed by atoms with Crippen LogP contribution in [0, 0.1) is 0 Å². The first-order chi connectivity index (χ1) is 8.34. The van der Waals surface area contributed by atoms with Crippen LogP contribution in [-0.4, -0.2) is 27.5 Å². The molecule has 1 aliphatic rings. The van der Waals surface area contributed by atoms with Crippen LogP contribution in [0.25, 0.3) is 11.0 Å². The number of benzene rings is 1. The molecule has 2 heterocycles. The maximum atomic E-state index is 4.52. The van der Waals surface area contributed by atoms with Crippen LogP contribution in [0.5, 0.6) is 0 Å². The van der Waals surface area contributed by atoms with Gasteiger partial charge in [0.2, 0.25) is 0 Å². The van der Waals surface area contributed by atoms with E-state index in [0.717, 1.165) is 6.54 Å². The molecule has 0 bridgehead atoms. The van der Waals surface area contributed by atoms with Crippen molar-refractivity contribution in [2.45, 2.75) is 25.8 Å². The molecule has 3 heteroatoms. The number of aromatic nitrogens is 2. The summed E-state index contributed by atoms with van der Waals surface area (Å²) in [5.41, 5.74) is 3.77. The highest BCUT2D eigenvalue weighted by atomic mass is 15.1. The quantitative estimate of drug-likeness (QED) is 0.789. The molecule has 0 N–H and O–H groups in total. The fraction of sp³-hybridized carbons (Fsp3) is 0.500. The lowest BCUT2D eigenvalue weighted by Gasteiger charge is -2.26. The Morgan fingerprint density at radius 3 is 2.82 bits per heavy atom. The molecule has 0 unspecified atom stereocenters. The number of likely N-dealkylation sites (tertiary alicyclic amines) is 1. The Kier molecular flexibility index (Phi) is 2.85. The van der Waals surface area contributed by atoms with Crippen molar-refractivity contribution in [3.05, 3.63) is 30.1 Å². The van der Waals surface area contributed by atoms with Crippen molar-refractivity contribution in [2.75, 3.05) is 13.1 Å². The molecular formula is C14H19N3. The van der Waals surface area contributed by atoms with Gasteiger partial charge in [-0.1, -0.05) is 18.6 Å². The third-order valence-electron chi connectivity index (χ3n) is 3.68. The molecule has 2 aromatic rings. The minimum Gasteiger partial charge on any atom is -0.334 e. The van der Waals surface area contributed by atoms with Crippen LogP contribution in [0.2, 0.25) is 0 Å². The maximum absolute atomic E-state index is 4.52. The highest BCUT2D eigenvalue weighted by molar-refractivity contribution is 5.78. The van der Waals surface area contributed by atoms with E-state index in [0.29, 0.717) is 0 Å². The molecule has 3 nitrogen and oxygen atoms in total. The largest absolute Gasteiger partial charge is 0.334 e. The zero-order valence-corrected chi connectivity index (χ0v) is 10.4. The van der Waals surface area contributed by atoms with Gasteiger partial charge >= 0.3 is 0 Å². The summed E-state index contributed by atoms with van der Waals surface area (Å²) in [4.78, 5) is 7.07. The van der Waals surface area contributed by atoms with E-state index < -0.39 is 0 Å². The Morgan fingerprint density at radius 2 is 2.00 bits per heavy atom. The molecule has 0 spiro atoms. The van der Waals surface area contributed by atoms with Crippen LogP contribution >= 0.6 is 0 Å². The van der Waals surface area contributed by atoms with E-state index in [1.54, 1.807) is 0 Å². The number of hydrogen-bond acceptors (Lipinski definition) is 2. The number of fused-ring (bicyclic) bond motifs is 1. The van der Waals surface area contributed by atoms with E-state index in [-0.39, 0.29) is 0 Å². The second-order valence-corrected chi connectivity index (χ2v) is 4.98. The van der Waals surface area contributed by atoms with Crippen molar-refractivity contribution in [3.63, 3.8) is 0 Å². The highest BCUT2D eigenvalue weighted by Gasteiger charge is 2.13. The standard InChI is InChI=1S/C14H19N3/c1-16-11-15-14-12(6-5-7-13(14)16)10-17-8-3-2-4-9-17/h5-7,11H,2-4,8-10H2,1H3. The Balaban J connectivity index is 1.89. The van der Waals surface area contributed by atoms with Crippen LogP contribution in [0.4, 0.5) is 0 Å². The van der Waals surface area contributed by atoms with Crippen LogP contribution in [0.1, 0.15) is 24.8 Å². The van der Waals surface area contributed by atoms with Gasteiger partial charge in [0.15, 0.2) is 0 Å². The van der Waals surface area contributed by atoms with E-state index in [9.17, 15) is 0 Å². The summed E-state index contributed by atoms with van der Waals surface area (Å²) in [6.07, 6.45) is 5.99. The van der Waals surface area contributed by atoms with Gasteiger partial charge in [-0.05, 0) is 37.6 Å². The highest BCUT2D eigenvalue weighted by Crippen LogP contribution is 2.20. The number of nitrogens with zero attached hydrogens (tertiary/aromatic N) is 3. The lowest BCUT2D eigenvalue weighted by molar-refractivity contribution is 0.221. The Morgan fingerprint density at radius 1 is 1.18 bits per heavy atom. The van der Waals surface area contributed by atoms with Gasteiger partial charge in [-0.3, -0.25) is 4.90 Å². The van der Waals surface area contributed by atoms with E-state index in [1.807, 2.05) is 6.33 Å². The summed E-state index contributed by atoms with van der Waals surface area (Å²) < 4.78 is 2.09. The number of hydrogen-bond donors (Lipinski definition) is 0. The molecule has 0 aliphatic carbocycles. The van der Waals surface area contributed by atoms with Crippen molar-refractivity contribution >= 4 is 11.0 Å². The molecule has 1 fully saturated rings. The lowest BCUT2D eigenvalue weighted by atomic mass is 10.1. The summed E-state index contributed by atoms with van der Waals surface area (Å²) >= 11 is 0. The summed E-state index contributed by atoms with van der Waals surface area (Å²) in [5, 5.41) is 0. The molecule has 0 saturated carbocycles. The van der Waals surface area contributed by atoms with Crippen molar-refractivity contribution in [1.29, 1.82) is 0 Å². The fourth-order valence-corrected chi connectivity index (χ4v) is 2.70. The van der Waals surface area contributed by atoms with Gasteiger partial charge in [0.05, 0.1) is 17.4 Å². The second kappa shape index (κ2) is 4.49. The first kappa shape index (κ1) is 10.8. The monoisotopic (exact) mass is 229 g/mol. The molecular weight excluding hydrogens is 210 g/mol. The van der Waals surface area contributed by atoms with Crippen molar-refractivity contribution in [1.82, 2.24) is 14.5 Å². The normalized spacial score (nSPS) is 17.7. The number of aryl methyl sites for hydroxylation is 1. The number of para-hydroxylation sites is 1. The van der Waals surface area contributed by atoms with Gasteiger partial charge in [0, 0.05) is 13.6 Å². The smallest absolute Gasteiger partial charge is 0.0955 e. The minimum absolute atomic E-state index is 1.05. The van der Waals surface area contributed by atoms with E-state index >= 15 is 0 Å². The average molecular weight is 229 g/mol. The third kappa shape index (κ3) is 2.07. The molecule has 90 valence electrons. The Hall–Kier alpha value is -1.35. The Bertz CT molecular complexity index is 509. The zero-order chi connectivity index (χ0) is 11.7. The fourth-order valence-electron chi connectivity index (χ4n) is 2.70. The van der Waals surface area contributed by atoms with Crippen LogP contribution in [-0.2, 0) is 13.6 Å². The van der Waals surface area contributed by atoms with Gasteiger partial charge < -0.3 is 4.57 Å². The predicted octanol–water partition coefficient (Wildman–Crippen LogP) is 2.56. The molecule has 1 aromatic carbocycles. The summed E-state index contributed by atoms with van der Waals surface area (Å²) in [7, 11) is 2.06. The first-order valence-electron chi connectivity index (χ1n) is 6.46. The van der Waals surface area contributed by atoms with Crippen LogP contribution < -0.4 is 0 Å². The first-order valence-corrected chi connectivity index (χ1v) is 6.46. The van der Waals surface area contributed by atoms with Crippen LogP contribution in [0.15, 0.2) is 24.5 Å². The van der Waals surface area contributed by atoms with Gasteiger partial charge in [0.1, 0.15) is 0 Å². The molecule has 1 aromatic heterocycles. The molecule has 1 aliphatic heterocycles. The SMILES string of the molecule is Cn1cnc2c(CN3CCCCC3)cccc21. The van der Waals surface area contributed by atoms with E-state index in [2.05, 4.69) is 39.7 Å². The van der Waals surface area contributed by atoms with Gasteiger partial charge in [-0.25, -0.2) is 4.98 Å². The number of piperidine rings is 1. The van der Waals surface area contributed by atoms with Gasteiger partial charge in [-0.15, -0.1) is 0 Å². The Labute approximate surface area is 102 Å². The van der Waals surface area contributed by atoms with Crippen molar-refractivity contribution < 1.29 is 0 Å². The van der Waals surface area contributed by atoms with Gasteiger partial charge in [-0.2, -0.15) is 0 Å². The van der Waals surface area contributed by atoms with Crippen molar-refractivity contribution in [3.8, 4) is 0 Å². The van der Waals surface area contributed by atoms with Gasteiger partial charge in [0.25, 0.3) is 0 Å². The molecule has 17 heavy (non-hydrogen) atoms. The topological polar surface area (TPSA) is 21.1 Å². The summed E-state index contributed by atoms with van der Waals surface area (Å²) in [6, 6.07) is 6.50. The molecule has 1 saturated heterocycles.